The third-order valence-corrected chi connectivity index (χ3v) is 4.45. The van der Waals surface area contributed by atoms with E-state index in [0.29, 0.717) is 4.77 Å². The highest BCUT2D eigenvalue weighted by Crippen LogP contribution is 2.27. The molecule has 1 aliphatic carbocycles. The summed E-state index contributed by atoms with van der Waals surface area (Å²) in [7, 11) is 0. The lowest BCUT2D eigenvalue weighted by atomic mass is 10.0. The van der Waals surface area contributed by atoms with Crippen LogP contribution in [-0.2, 0) is 6.54 Å². The fourth-order valence-electron chi connectivity index (χ4n) is 3.01. The van der Waals surface area contributed by atoms with Gasteiger partial charge in [-0.2, -0.15) is 0 Å². The van der Waals surface area contributed by atoms with Gasteiger partial charge in [0.15, 0.2) is 4.77 Å². The summed E-state index contributed by atoms with van der Waals surface area (Å²) in [5.41, 5.74) is 0.868. The highest BCUT2D eigenvalue weighted by Gasteiger charge is 2.15. The Morgan fingerprint density at radius 1 is 1.26 bits per heavy atom. The van der Waals surface area contributed by atoms with Crippen molar-refractivity contribution in [1.29, 1.82) is 0 Å². The van der Waals surface area contributed by atoms with Gasteiger partial charge in [-0.3, -0.25) is 9.36 Å². The first-order chi connectivity index (χ1) is 9.25. The van der Waals surface area contributed by atoms with Gasteiger partial charge in [0.2, 0.25) is 0 Å². The van der Waals surface area contributed by atoms with E-state index in [9.17, 15) is 4.79 Å². The molecule has 3 rings (SSSR count). The quantitative estimate of drug-likeness (QED) is 0.868. The van der Waals surface area contributed by atoms with Crippen LogP contribution in [0.5, 0.6) is 0 Å². The molecule has 1 N–H and O–H groups in total. The summed E-state index contributed by atoms with van der Waals surface area (Å²) in [6, 6.07) is 7.56. The Morgan fingerprint density at radius 3 is 2.79 bits per heavy atom. The Balaban J connectivity index is 1.94. The van der Waals surface area contributed by atoms with E-state index in [1.54, 1.807) is 4.57 Å². The molecule has 1 aromatic carbocycles. The third-order valence-electron chi connectivity index (χ3n) is 4.13. The van der Waals surface area contributed by atoms with Gasteiger partial charge in [-0.05, 0) is 36.7 Å². The molecule has 0 spiro atoms. The number of benzene rings is 1. The summed E-state index contributed by atoms with van der Waals surface area (Å²) in [5, 5.41) is 0.725. The van der Waals surface area contributed by atoms with Crippen LogP contribution in [0.2, 0.25) is 0 Å². The van der Waals surface area contributed by atoms with Crippen LogP contribution in [0.1, 0.15) is 32.1 Å². The fourth-order valence-corrected chi connectivity index (χ4v) is 3.30. The molecule has 1 aromatic heterocycles. The van der Waals surface area contributed by atoms with Gasteiger partial charge in [-0.25, -0.2) is 0 Å². The molecule has 1 saturated carbocycles. The van der Waals surface area contributed by atoms with Crippen LogP contribution in [0.25, 0.3) is 10.9 Å². The van der Waals surface area contributed by atoms with Crippen LogP contribution < -0.4 is 5.56 Å². The predicted octanol–water partition coefficient (Wildman–Crippen LogP) is 3.64. The molecule has 0 aliphatic heterocycles. The number of nitrogens with one attached hydrogen (secondary N) is 1. The summed E-state index contributed by atoms with van der Waals surface area (Å²) in [6.45, 7) is 0.740. The van der Waals surface area contributed by atoms with Crippen molar-refractivity contribution in [1.82, 2.24) is 9.55 Å². The summed E-state index contributed by atoms with van der Waals surface area (Å²) in [4.78, 5) is 15.6. The Kier molecular flexibility index (Phi) is 3.51. The van der Waals surface area contributed by atoms with E-state index in [0.717, 1.165) is 29.8 Å². The molecule has 4 heteroatoms. The van der Waals surface area contributed by atoms with E-state index in [1.165, 1.54) is 25.7 Å². The van der Waals surface area contributed by atoms with Gasteiger partial charge in [0, 0.05) is 6.54 Å². The summed E-state index contributed by atoms with van der Waals surface area (Å²) in [5.74, 6) is 0.771. The van der Waals surface area contributed by atoms with Gasteiger partial charge in [0.05, 0.1) is 10.9 Å². The van der Waals surface area contributed by atoms with Gasteiger partial charge in [0.1, 0.15) is 0 Å². The molecule has 0 bridgehead atoms. The smallest absolute Gasteiger partial charge is 0.262 e. The zero-order valence-electron chi connectivity index (χ0n) is 10.9. The monoisotopic (exact) mass is 274 g/mol. The topological polar surface area (TPSA) is 37.8 Å². The average Bonchev–Trinajstić information content (AvgIpc) is 2.92. The Labute approximate surface area is 117 Å². The third kappa shape index (κ3) is 2.50. The highest BCUT2D eigenvalue weighted by atomic mass is 32.1. The second kappa shape index (κ2) is 5.29. The van der Waals surface area contributed by atoms with Crippen molar-refractivity contribution in [2.24, 2.45) is 5.92 Å². The summed E-state index contributed by atoms with van der Waals surface area (Å²) >= 11 is 5.31. The van der Waals surface area contributed by atoms with Crippen molar-refractivity contribution in [3.05, 3.63) is 39.4 Å². The van der Waals surface area contributed by atoms with Crippen molar-refractivity contribution in [3.63, 3.8) is 0 Å². The van der Waals surface area contributed by atoms with Gasteiger partial charge in [-0.1, -0.05) is 37.8 Å². The molecule has 0 unspecified atom stereocenters. The van der Waals surface area contributed by atoms with Crippen molar-refractivity contribution in [2.75, 3.05) is 0 Å². The van der Waals surface area contributed by atoms with E-state index < -0.39 is 0 Å². The molecule has 2 aromatic rings. The van der Waals surface area contributed by atoms with E-state index in [4.69, 9.17) is 12.2 Å². The summed E-state index contributed by atoms with van der Waals surface area (Å²) in [6.07, 6.45) is 6.35. The first-order valence-corrected chi connectivity index (χ1v) is 7.38. The molecular weight excluding hydrogens is 256 g/mol. The molecular formula is C15H18N2OS. The van der Waals surface area contributed by atoms with Gasteiger partial charge >= 0.3 is 0 Å². The van der Waals surface area contributed by atoms with Crippen LogP contribution in [0, 0.1) is 10.7 Å². The molecule has 100 valence electrons. The second-order valence-electron chi connectivity index (χ2n) is 5.37. The number of hydrogen-bond acceptors (Lipinski definition) is 2. The zero-order valence-corrected chi connectivity index (χ0v) is 11.7. The number of fused-ring (bicyclic) bond motifs is 1. The van der Waals surface area contributed by atoms with Crippen molar-refractivity contribution in [2.45, 2.75) is 38.6 Å². The Morgan fingerprint density at radius 2 is 2.00 bits per heavy atom. The molecule has 0 atom stereocenters. The van der Waals surface area contributed by atoms with Crippen LogP contribution in [-0.4, -0.2) is 9.55 Å². The minimum Gasteiger partial charge on any atom is -0.332 e. The van der Waals surface area contributed by atoms with Gasteiger partial charge in [0.25, 0.3) is 5.56 Å². The average molecular weight is 274 g/mol. The van der Waals surface area contributed by atoms with Crippen molar-refractivity contribution >= 4 is 23.1 Å². The Hall–Kier alpha value is -1.42. The van der Waals surface area contributed by atoms with Crippen molar-refractivity contribution < 1.29 is 0 Å². The van der Waals surface area contributed by atoms with Crippen LogP contribution in [0.4, 0.5) is 0 Å². The normalized spacial score (nSPS) is 16.2. The molecule has 19 heavy (non-hydrogen) atoms. The fraction of sp³-hybridized carbons (Fsp3) is 0.467. The lowest BCUT2D eigenvalue weighted by Gasteiger charge is -2.11. The second-order valence-corrected chi connectivity index (χ2v) is 5.76. The molecule has 0 radical (unpaired) electrons. The molecule has 3 nitrogen and oxygen atoms in total. The minimum atomic E-state index is 0.0392. The van der Waals surface area contributed by atoms with Crippen LogP contribution >= 0.6 is 12.2 Å². The maximum atomic E-state index is 12.4. The standard InChI is InChI=1S/C15H18N2OS/c18-14-12-7-3-4-8-13(12)16-15(19)17(14)10-9-11-5-1-2-6-11/h3-4,7-8,11H,1-2,5-6,9-10H2,(H,16,19). The van der Waals surface area contributed by atoms with E-state index >= 15 is 0 Å². The van der Waals surface area contributed by atoms with Crippen LogP contribution in [0.15, 0.2) is 29.1 Å². The molecule has 0 saturated heterocycles. The molecule has 1 aliphatic rings. The molecule has 0 amide bonds. The van der Waals surface area contributed by atoms with Gasteiger partial charge in [-0.15, -0.1) is 0 Å². The SMILES string of the molecule is O=c1c2ccccc2[nH]c(=S)n1CCC1CCCC1. The minimum absolute atomic E-state index is 0.0392. The number of aromatic nitrogens is 2. The van der Waals surface area contributed by atoms with Gasteiger partial charge < -0.3 is 4.98 Å². The Bertz CT molecular complexity index is 695. The molecule has 1 heterocycles. The number of rotatable bonds is 3. The van der Waals surface area contributed by atoms with E-state index in [-0.39, 0.29) is 5.56 Å². The first-order valence-electron chi connectivity index (χ1n) is 6.97. The number of H-pyrrole nitrogens is 1. The number of aromatic amines is 1. The largest absolute Gasteiger partial charge is 0.332 e. The van der Waals surface area contributed by atoms with E-state index in [1.807, 2.05) is 24.3 Å². The van der Waals surface area contributed by atoms with E-state index in [2.05, 4.69) is 4.98 Å². The summed E-state index contributed by atoms with van der Waals surface area (Å²) < 4.78 is 2.26. The van der Waals surface area contributed by atoms with Crippen molar-refractivity contribution in [3.8, 4) is 0 Å². The number of nitrogens with zero attached hydrogens (tertiary/aromatic N) is 1. The molecule has 1 fully saturated rings. The van der Waals surface area contributed by atoms with Crippen LogP contribution in [0.3, 0.4) is 0 Å². The number of hydrogen-bond donors (Lipinski definition) is 1. The lowest BCUT2D eigenvalue weighted by molar-refractivity contribution is 0.450. The maximum absolute atomic E-state index is 12.4. The predicted molar refractivity (Wildman–Crippen MR) is 80.0 cm³/mol. The zero-order chi connectivity index (χ0) is 13.2. The lowest BCUT2D eigenvalue weighted by Crippen LogP contribution is -2.23. The maximum Gasteiger partial charge on any atom is 0.262 e. The number of para-hydroxylation sites is 1. The first kappa shape index (κ1) is 12.6. The highest BCUT2D eigenvalue weighted by molar-refractivity contribution is 7.71.